The number of amides is 1. The summed E-state index contributed by atoms with van der Waals surface area (Å²) in [6, 6.07) is 15.0. The molecule has 1 amide bonds. The summed E-state index contributed by atoms with van der Waals surface area (Å²) >= 11 is 1.48. The minimum absolute atomic E-state index is 0.0105. The summed E-state index contributed by atoms with van der Waals surface area (Å²) in [5.74, 6) is -1.21. The van der Waals surface area contributed by atoms with Crippen LogP contribution >= 0.6 is 11.3 Å². The summed E-state index contributed by atoms with van der Waals surface area (Å²) in [4.78, 5) is 20.4. The van der Waals surface area contributed by atoms with Gasteiger partial charge in [0.1, 0.15) is 5.82 Å². The molecule has 1 aliphatic heterocycles. The third kappa shape index (κ3) is 5.65. The van der Waals surface area contributed by atoms with Crippen molar-refractivity contribution in [3.63, 3.8) is 0 Å². The molecule has 35 heavy (non-hydrogen) atoms. The SMILES string of the molecule is CC(C)Oc1ncc(C(c2ccc(C#N)cc2)N2CC[C@@H](NC(=O)c3ccc(C#N)cc3F)C2)s1. The van der Waals surface area contributed by atoms with E-state index in [0.717, 1.165) is 16.5 Å². The zero-order chi connectivity index (χ0) is 24.9. The van der Waals surface area contributed by atoms with Crippen LogP contribution in [0.2, 0.25) is 0 Å². The smallest absolute Gasteiger partial charge is 0.273 e. The summed E-state index contributed by atoms with van der Waals surface area (Å²) in [7, 11) is 0. The Morgan fingerprint density at radius 1 is 1.20 bits per heavy atom. The minimum atomic E-state index is -0.714. The number of rotatable bonds is 7. The molecule has 0 radical (unpaired) electrons. The summed E-state index contributed by atoms with van der Waals surface area (Å²) in [5, 5.41) is 21.6. The molecule has 1 unspecified atom stereocenters. The van der Waals surface area contributed by atoms with Crippen LogP contribution in [0.4, 0.5) is 4.39 Å². The van der Waals surface area contributed by atoms with Gasteiger partial charge in [-0.1, -0.05) is 23.5 Å². The average molecular weight is 490 g/mol. The molecule has 9 heteroatoms. The van der Waals surface area contributed by atoms with Crippen LogP contribution in [0, 0.1) is 28.5 Å². The highest BCUT2D eigenvalue weighted by molar-refractivity contribution is 7.13. The van der Waals surface area contributed by atoms with Crippen LogP contribution < -0.4 is 10.1 Å². The second kappa shape index (κ2) is 10.6. The van der Waals surface area contributed by atoms with E-state index in [9.17, 15) is 14.4 Å². The van der Waals surface area contributed by atoms with Crippen molar-refractivity contribution in [2.75, 3.05) is 13.1 Å². The van der Waals surface area contributed by atoms with Crippen molar-refractivity contribution in [1.29, 1.82) is 10.5 Å². The number of halogens is 1. The monoisotopic (exact) mass is 489 g/mol. The summed E-state index contributed by atoms with van der Waals surface area (Å²) < 4.78 is 20.1. The van der Waals surface area contributed by atoms with Crippen molar-refractivity contribution < 1.29 is 13.9 Å². The molecule has 2 heterocycles. The summed E-state index contributed by atoms with van der Waals surface area (Å²) in [6.45, 7) is 5.17. The van der Waals surface area contributed by atoms with Crippen LogP contribution in [0.1, 0.15) is 58.2 Å². The fraction of sp³-hybridized carbons (Fsp3) is 0.308. The van der Waals surface area contributed by atoms with E-state index in [0.29, 0.717) is 30.3 Å². The predicted octanol–water partition coefficient (Wildman–Crippen LogP) is 4.41. The standard InChI is InChI=1S/C26H24FN5O2S/c1-16(2)34-26-30-14-23(35-26)24(19-6-3-17(12-28)4-7-19)32-10-9-20(15-32)31-25(33)21-8-5-18(13-29)11-22(21)27/h3-8,11,14,16,20,24H,9-10,15H2,1-2H3,(H,31,33)/t20-,24?/m1/s1. The lowest BCUT2D eigenvalue weighted by Gasteiger charge is -2.27. The van der Waals surface area contributed by atoms with Gasteiger partial charge in [-0.2, -0.15) is 10.5 Å². The molecule has 1 N–H and O–H groups in total. The van der Waals surface area contributed by atoms with Gasteiger partial charge in [0.15, 0.2) is 0 Å². The van der Waals surface area contributed by atoms with Crippen LogP contribution in [0.5, 0.6) is 5.19 Å². The van der Waals surface area contributed by atoms with E-state index in [-0.39, 0.29) is 29.3 Å². The van der Waals surface area contributed by atoms with E-state index >= 15 is 0 Å². The molecule has 0 aliphatic carbocycles. The molecule has 0 spiro atoms. The Hall–Kier alpha value is -3.79. The van der Waals surface area contributed by atoms with E-state index in [1.165, 1.54) is 23.5 Å². The van der Waals surface area contributed by atoms with Gasteiger partial charge in [0.05, 0.1) is 41.0 Å². The first-order valence-electron chi connectivity index (χ1n) is 11.2. The molecule has 7 nitrogen and oxygen atoms in total. The molecule has 2 aromatic carbocycles. The maximum Gasteiger partial charge on any atom is 0.273 e. The molecule has 1 aliphatic rings. The van der Waals surface area contributed by atoms with Crippen LogP contribution in [0.3, 0.4) is 0 Å². The number of carbonyl (C=O) groups is 1. The van der Waals surface area contributed by atoms with Crippen LogP contribution in [0.25, 0.3) is 0 Å². The first-order valence-corrected chi connectivity index (χ1v) is 12.1. The molecule has 3 aromatic rings. The zero-order valence-corrected chi connectivity index (χ0v) is 20.2. The Labute approximate surface area is 207 Å². The van der Waals surface area contributed by atoms with Gasteiger partial charge in [0.25, 0.3) is 11.1 Å². The maximum atomic E-state index is 14.3. The van der Waals surface area contributed by atoms with Gasteiger partial charge in [0.2, 0.25) is 0 Å². The quantitative estimate of drug-likeness (QED) is 0.528. The lowest BCUT2D eigenvalue weighted by molar-refractivity contribution is 0.0933. The number of ether oxygens (including phenoxy) is 1. The molecule has 178 valence electrons. The van der Waals surface area contributed by atoms with Crippen molar-refractivity contribution >= 4 is 17.2 Å². The Balaban J connectivity index is 1.53. The third-order valence-electron chi connectivity index (χ3n) is 5.73. The van der Waals surface area contributed by atoms with E-state index in [4.69, 9.17) is 10.00 Å². The minimum Gasteiger partial charge on any atom is -0.467 e. The number of likely N-dealkylation sites (tertiary alicyclic amines) is 1. The third-order valence-corrected chi connectivity index (χ3v) is 6.67. The molecular weight excluding hydrogens is 465 g/mol. The highest BCUT2D eigenvalue weighted by atomic mass is 32.1. The normalized spacial score (nSPS) is 16.5. The number of nitrogens with one attached hydrogen (secondary N) is 1. The number of benzene rings is 2. The molecule has 1 fully saturated rings. The van der Waals surface area contributed by atoms with Gasteiger partial charge < -0.3 is 10.1 Å². The van der Waals surface area contributed by atoms with Gasteiger partial charge in [-0.25, -0.2) is 9.37 Å². The van der Waals surface area contributed by atoms with Crippen molar-refractivity contribution in [3.8, 4) is 17.3 Å². The molecule has 0 saturated carbocycles. The lowest BCUT2D eigenvalue weighted by atomic mass is 10.0. The second-order valence-corrected chi connectivity index (χ2v) is 9.62. The number of aromatic nitrogens is 1. The van der Waals surface area contributed by atoms with Gasteiger partial charge >= 0.3 is 0 Å². The molecule has 1 aromatic heterocycles. The summed E-state index contributed by atoms with van der Waals surface area (Å²) in [6.07, 6.45) is 2.52. The number of hydrogen-bond donors (Lipinski definition) is 1. The van der Waals surface area contributed by atoms with Crippen LogP contribution in [-0.4, -0.2) is 41.0 Å². The first kappa shape index (κ1) is 24.3. The number of nitriles is 2. The largest absolute Gasteiger partial charge is 0.467 e. The fourth-order valence-electron chi connectivity index (χ4n) is 4.12. The molecule has 2 atom stereocenters. The summed E-state index contributed by atoms with van der Waals surface area (Å²) in [5.41, 5.74) is 1.68. The van der Waals surface area contributed by atoms with E-state index in [1.807, 2.05) is 38.2 Å². The average Bonchev–Trinajstić information content (AvgIpc) is 3.49. The topological polar surface area (TPSA) is 102 Å². The number of nitrogens with zero attached hydrogens (tertiary/aromatic N) is 4. The lowest BCUT2D eigenvalue weighted by Crippen LogP contribution is -2.38. The highest BCUT2D eigenvalue weighted by Crippen LogP contribution is 2.37. The van der Waals surface area contributed by atoms with Crippen LogP contribution in [-0.2, 0) is 0 Å². The fourth-order valence-corrected chi connectivity index (χ4v) is 5.17. The van der Waals surface area contributed by atoms with Crippen molar-refractivity contribution in [2.45, 2.75) is 38.5 Å². The van der Waals surface area contributed by atoms with E-state index in [1.54, 1.807) is 12.1 Å². The van der Waals surface area contributed by atoms with Crippen LogP contribution in [0.15, 0.2) is 48.7 Å². The van der Waals surface area contributed by atoms with Gasteiger partial charge in [0, 0.05) is 30.2 Å². The number of carbonyl (C=O) groups excluding carboxylic acids is 1. The van der Waals surface area contributed by atoms with E-state index in [2.05, 4.69) is 21.3 Å². The predicted molar refractivity (Wildman–Crippen MR) is 129 cm³/mol. The van der Waals surface area contributed by atoms with Crippen molar-refractivity contribution in [2.24, 2.45) is 0 Å². The molecule has 1 saturated heterocycles. The second-order valence-electron chi connectivity index (χ2n) is 8.59. The van der Waals surface area contributed by atoms with Gasteiger partial charge in [-0.3, -0.25) is 9.69 Å². The maximum absolute atomic E-state index is 14.3. The van der Waals surface area contributed by atoms with Crippen molar-refractivity contribution in [1.82, 2.24) is 15.2 Å². The number of thiazole rings is 1. The Morgan fingerprint density at radius 2 is 1.91 bits per heavy atom. The number of hydrogen-bond acceptors (Lipinski definition) is 7. The van der Waals surface area contributed by atoms with E-state index < -0.39 is 11.7 Å². The zero-order valence-electron chi connectivity index (χ0n) is 19.4. The molecule has 0 bridgehead atoms. The van der Waals surface area contributed by atoms with Crippen molar-refractivity contribution in [3.05, 3.63) is 81.6 Å². The first-order chi connectivity index (χ1) is 16.9. The Kier molecular flexibility index (Phi) is 7.40. The Bertz CT molecular complexity index is 1290. The molecule has 4 rings (SSSR count). The van der Waals surface area contributed by atoms with Gasteiger partial charge in [-0.05, 0) is 56.2 Å². The molecular formula is C26H24FN5O2S. The Morgan fingerprint density at radius 3 is 2.57 bits per heavy atom. The van der Waals surface area contributed by atoms with Gasteiger partial charge in [-0.15, -0.1) is 0 Å². The highest BCUT2D eigenvalue weighted by Gasteiger charge is 2.33.